The second-order valence-electron chi connectivity index (χ2n) is 5.61. The summed E-state index contributed by atoms with van der Waals surface area (Å²) in [6.45, 7) is 0. The van der Waals surface area contributed by atoms with Crippen molar-refractivity contribution in [3.8, 4) is 11.1 Å². The summed E-state index contributed by atoms with van der Waals surface area (Å²) in [5.41, 5.74) is 0.675. The molecular weight excluding hydrogens is 358 g/mol. The van der Waals surface area contributed by atoms with E-state index >= 15 is 0 Å². The van der Waals surface area contributed by atoms with Crippen molar-refractivity contribution in [3.05, 3.63) is 59.3 Å². The predicted molar refractivity (Wildman–Crippen MR) is 87.5 cm³/mol. The topological polar surface area (TPSA) is 59.1 Å². The number of hydrogen-bond acceptors (Lipinski definition) is 2. The third-order valence-corrected chi connectivity index (χ3v) is 4.59. The molecule has 0 fully saturated rings. The second kappa shape index (κ2) is 6.70. The van der Waals surface area contributed by atoms with Crippen LogP contribution in [0.3, 0.4) is 0 Å². The summed E-state index contributed by atoms with van der Waals surface area (Å²) in [4.78, 5) is 2.76. The number of aliphatic hydroxyl groups excluding tert-OH is 1. The molecule has 0 bridgehead atoms. The van der Waals surface area contributed by atoms with E-state index in [9.17, 15) is 27.2 Å². The van der Waals surface area contributed by atoms with Crippen molar-refractivity contribution in [2.75, 3.05) is 12.0 Å². The molecular formula is C17H13F4NO2S. The lowest BCUT2D eigenvalue weighted by molar-refractivity contribution is 0.198. The normalized spacial score (nSPS) is 14.0. The molecule has 2 unspecified atom stereocenters. The molecule has 3 nitrogen and oxygen atoms in total. The van der Waals surface area contributed by atoms with Crippen LogP contribution >= 0.6 is 0 Å². The molecule has 1 heterocycles. The van der Waals surface area contributed by atoms with E-state index in [2.05, 4.69) is 4.98 Å². The number of aromatic nitrogens is 1. The third kappa shape index (κ3) is 3.37. The van der Waals surface area contributed by atoms with Crippen molar-refractivity contribution in [2.45, 2.75) is 6.10 Å². The molecule has 0 aliphatic rings. The van der Waals surface area contributed by atoms with E-state index < -0.39 is 40.5 Å². The third-order valence-electron chi connectivity index (χ3n) is 3.80. The first-order valence-electron chi connectivity index (χ1n) is 7.22. The van der Waals surface area contributed by atoms with Crippen LogP contribution in [-0.2, 0) is 11.2 Å². The van der Waals surface area contributed by atoms with Crippen LogP contribution in [0.2, 0.25) is 0 Å². The molecule has 0 radical (unpaired) electrons. The summed E-state index contributed by atoms with van der Waals surface area (Å²) in [6.07, 6.45) is 0.148. The van der Waals surface area contributed by atoms with Crippen LogP contribution < -0.4 is 0 Å². The van der Waals surface area contributed by atoms with Crippen molar-refractivity contribution in [1.29, 1.82) is 0 Å². The number of benzene rings is 2. The maximum atomic E-state index is 13.7. The summed E-state index contributed by atoms with van der Waals surface area (Å²) >= 11 is -1.35. The highest BCUT2D eigenvalue weighted by Crippen LogP contribution is 2.37. The molecule has 0 aliphatic heterocycles. The molecule has 0 saturated heterocycles. The molecule has 0 amide bonds. The first-order chi connectivity index (χ1) is 11.8. The Labute approximate surface area is 143 Å². The molecule has 2 aromatic carbocycles. The Morgan fingerprint density at radius 3 is 2.32 bits per heavy atom. The number of hydrogen-bond donors (Lipinski definition) is 2. The van der Waals surface area contributed by atoms with Gasteiger partial charge in [-0.2, -0.15) is 0 Å². The fourth-order valence-electron chi connectivity index (χ4n) is 2.73. The number of nitrogens with one attached hydrogen (secondary N) is 1. The number of H-pyrrole nitrogens is 1. The number of fused-ring (bicyclic) bond motifs is 1. The van der Waals surface area contributed by atoms with Gasteiger partial charge >= 0.3 is 0 Å². The van der Waals surface area contributed by atoms with Crippen LogP contribution in [0.15, 0.2) is 30.3 Å². The maximum absolute atomic E-state index is 13.7. The molecule has 3 rings (SSSR count). The van der Waals surface area contributed by atoms with Gasteiger partial charge in [0, 0.05) is 22.5 Å². The Morgan fingerprint density at radius 1 is 1.04 bits per heavy atom. The van der Waals surface area contributed by atoms with E-state index in [0.717, 1.165) is 24.3 Å². The largest absolute Gasteiger partial charge is 0.616 e. The van der Waals surface area contributed by atoms with Crippen LogP contribution in [0.25, 0.3) is 22.0 Å². The zero-order valence-electron chi connectivity index (χ0n) is 12.9. The molecule has 0 aliphatic carbocycles. The fourth-order valence-corrected chi connectivity index (χ4v) is 3.34. The van der Waals surface area contributed by atoms with Gasteiger partial charge < -0.3 is 14.6 Å². The van der Waals surface area contributed by atoms with Gasteiger partial charge in [-0.25, -0.2) is 17.6 Å². The van der Waals surface area contributed by atoms with E-state index in [4.69, 9.17) is 0 Å². The minimum atomic E-state index is -1.35. The lowest BCUT2D eigenvalue weighted by atomic mass is 9.99. The quantitative estimate of drug-likeness (QED) is 0.541. The Balaban J connectivity index is 2.28. The average Bonchev–Trinajstić information content (AvgIpc) is 2.88. The van der Waals surface area contributed by atoms with E-state index in [1.54, 1.807) is 0 Å². The number of rotatable bonds is 4. The average molecular weight is 371 g/mol. The van der Waals surface area contributed by atoms with Crippen LogP contribution in [0.1, 0.15) is 11.8 Å². The van der Waals surface area contributed by atoms with Crippen LogP contribution in [0, 0.1) is 23.3 Å². The first-order valence-corrected chi connectivity index (χ1v) is 8.94. The van der Waals surface area contributed by atoms with Gasteiger partial charge in [0.05, 0.1) is 11.9 Å². The molecule has 0 saturated carbocycles. The van der Waals surface area contributed by atoms with Crippen molar-refractivity contribution in [1.82, 2.24) is 4.98 Å². The Kier molecular flexibility index (Phi) is 4.77. The molecule has 132 valence electrons. The Morgan fingerprint density at radius 2 is 1.68 bits per heavy atom. The zero-order chi connectivity index (χ0) is 18.3. The highest BCUT2D eigenvalue weighted by molar-refractivity contribution is 7.90. The highest BCUT2D eigenvalue weighted by atomic mass is 32.2. The smallest absolute Gasteiger partial charge is 0.160 e. The minimum Gasteiger partial charge on any atom is -0.616 e. The number of halogens is 4. The Hall–Kier alpha value is -2.03. The molecule has 3 aromatic rings. The van der Waals surface area contributed by atoms with Gasteiger partial charge in [0.1, 0.15) is 11.9 Å². The monoisotopic (exact) mass is 371 g/mol. The van der Waals surface area contributed by atoms with E-state index in [-0.39, 0.29) is 33.5 Å². The maximum Gasteiger partial charge on any atom is 0.160 e. The van der Waals surface area contributed by atoms with Crippen molar-refractivity contribution in [2.24, 2.45) is 0 Å². The molecule has 2 N–H and O–H groups in total. The molecule has 8 heteroatoms. The molecule has 0 spiro atoms. The van der Waals surface area contributed by atoms with E-state index in [0.29, 0.717) is 0 Å². The first kappa shape index (κ1) is 17.8. The fraction of sp³-hybridized carbons (Fsp3) is 0.176. The van der Waals surface area contributed by atoms with Gasteiger partial charge in [0.25, 0.3) is 0 Å². The second-order valence-corrected chi connectivity index (χ2v) is 7.09. The number of aromatic amines is 1. The minimum absolute atomic E-state index is 0.126. The summed E-state index contributed by atoms with van der Waals surface area (Å²) < 4.78 is 65.4. The summed E-state index contributed by atoms with van der Waals surface area (Å²) in [6, 6.07) is 4.89. The molecule has 25 heavy (non-hydrogen) atoms. The Bertz CT molecular complexity index is 942. The SMILES string of the molecule is C[S+]([O-])CC(O)c1[nH]c2cc(F)c(F)cc2c1-c1ccc(F)c(F)c1. The van der Waals surface area contributed by atoms with Gasteiger partial charge in [-0.3, -0.25) is 0 Å². The lowest BCUT2D eigenvalue weighted by Crippen LogP contribution is -2.13. The summed E-state index contributed by atoms with van der Waals surface area (Å²) in [5.74, 6) is -4.51. The van der Waals surface area contributed by atoms with Crippen LogP contribution in [-0.4, -0.2) is 26.7 Å². The van der Waals surface area contributed by atoms with E-state index in [1.165, 1.54) is 12.3 Å². The number of aliphatic hydroxyl groups is 1. The summed E-state index contributed by atoms with van der Waals surface area (Å²) in [7, 11) is 0. The summed E-state index contributed by atoms with van der Waals surface area (Å²) in [5, 5.41) is 10.5. The van der Waals surface area contributed by atoms with Crippen LogP contribution in [0.4, 0.5) is 17.6 Å². The van der Waals surface area contributed by atoms with Crippen molar-refractivity contribution < 1.29 is 27.2 Å². The highest BCUT2D eigenvalue weighted by Gasteiger charge is 2.24. The standard InChI is InChI=1S/C17H13F4NO2S/c1-25(24)7-15(23)17-16(8-2-3-10(18)11(19)4-8)9-5-12(20)13(21)6-14(9)22-17/h2-6,15,22-23H,7H2,1H3. The van der Waals surface area contributed by atoms with Gasteiger partial charge in [-0.05, 0) is 23.8 Å². The van der Waals surface area contributed by atoms with Gasteiger partial charge in [-0.1, -0.05) is 17.2 Å². The lowest BCUT2D eigenvalue weighted by Gasteiger charge is -2.13. The van der Waals surface area contributed by atoms with Gasteiger partial charge in [0.2, 0.25) is 0 Å². The van der Waals surface area contributed by atoms with Gasteiger partial charge in [0.15, 0.2) is 23.3 Å². The van der Waals surface area contributed by atoms with Crippen molar-refractivity contribution >= 4 is 22.1 Å². The van der Waals surface area contributed by atoms with Crippen molar-refractivity contribution in [3.63, 3.8) is 0 Å². The predicted octanol–water partition coefficient (Wildman–Crippen LogP) is 3.80. The van der Waals surface area contributed by atoms with E-state index in [1.807, 2.05) is 0 Å². The molecule has 2 atom stereocenters. The van der Waals surface area contributed by atoms with Gasteiger partial charge in [-0.15, -0.1) is 0 Å². The molecule has 1 aromatic heterocycles. The van der Waals surface area contributed by atoms with Crippen LogP contribution in [0.5, 0.6) is 0 Å². The zero-order valence-corrected chi connectivity index (χ0v) is 13.8.